The summed E-state index contributed by atoms with van der Waals surface area (Å²) in [7, 11) is 0. The van der Waals surface area contributed by atoms with Gasteiger partial charge in [0.1, 0.15) is 17.7 Å². The van der Waals surface area contributed by atoms with Crippen LogP contribution in [0.2, 0.25) is 0 Å². The van der Waals surface area contributed by atoms with Crippen LogP contribution >= 0.6 is 15.9 Å². The molecule has 1 atom stereocenters. The van der Waals surface area contributed by atoms with Gasteiger partial charge in [-0.25, -0.2) is 9.37 Å². The summed E-state index contributed by atoms with van der Waals surface area (Å²) in [6, 6.07) is 13.0. The molecule has 3 aromatic carbocycles. The van der Waals surface area contributed by atoms with Crippen LogP contribution in [0.3, 0.4) is 0 Å². The third-order valence-corrected chi connectivity index (χ3v) is 8.05. The van der Waals surface area contributed by atoms with Gasteiger partial charge in [0, 0.05) is 34.0 Å². The van der Waals surface area contributed by atoms with E-state index < -0.39 is 17.9 Å². The number of hydrogen-bond donors (Lipinski definition) is 2. The van der Waals surface area contributed by atoms with Gasteiger partial charge in [0.2, 0.25) is 5.91 Å². The lowest BCUT2D eigenvalue weighted by Gasteiger charge is -2.34. The second-order valence-corrected chi connectivity index (χ2v) is 12.0. The molecule has 4 aromatic rings. The fourth-order valence-corrected chi connectivity index (χ4v) is 6.34. The van der Waals surface area contributed by atoms with Crippen molar-refractivity contribution in [3.63, 3.8) is 0 Å². The Morgan fingerprint density at radius 3 is 2.40 bits per heavy atom. The van der Waals surface area contributed by atoms with Gasteiger partial charge in [-0.2, -0.15) is 0 Å². The van der Waals surface area contributed by atoms with Crippen LogP contribution in [0.1, 0.15) is 49.4 Å². The molecule has 42 heavy (non-hydrogen) atoms. The number of amides is 3. The van der Waals surface area contributed by atoms with E-state index in [1.54, 1.807) is 17.0 Å². The summed E-state index contributed by atoms with van der Waals surface area (Å²) >= 11 is 3.49. The van der Waals surface area contributed by atoms with Crippen molar-refractivity contribution >= 4 is 56.1 Å². The van der Waals surface area contributed by atoms with E-state index in [9.17, 15) is 18.8 Å². The van der Waals surface area contributed by atoms with Crippen LogP contribution in [0, 0.1) is 26.6 Å². The molecule has 1 unspecified atom stereocenters. The molecular formula is C32H33BrFN5O3. The third kappa shape index (κ3) is 5.68. The van der Waals surface area contributed by atoms with E-state index in [0.29, 0.717) is 47.5 Å². The average Bonchev–Trinajstić information content (AvgIpc) is 3.30. The first kappa shape index (κ1) is 29.4. The normalized spacial score (nSPS) is 15.4. The van der Waals surface area contributed by atoms with Gasteiger partial charge in [0.15, 0.2) is 0 Å². The Kier molecular flexibility index (Phi) is 8.19. The number of nitrogens with zero attached hydrogens (tertiary/aromatic N) is 3. The molecule has 5 rings (SSSR count). The van der Waals surface area contributed by atoms with Crippen LogP contribution in [0.5, 0.6) is 0 Å². The van der Waals surface area contributed by atoms with E-state index in [4.69, 9.17) is 4.98 Å². The number of benzene rings is 3. The number of rotatable bonds is 5. The number of imidazole rings is 1. The summed E-state index contributed by atoms with van der Waals surface area (Å²) in [6.07, 6.45) is 1.14. The number of piperidine rings is 1. The quantitative estimate of drug-likeness (QED) is 0.250. The van der Waals surface area contributed by atoms with Crippen molar-refractivity contribution in [1.29, 1.82) is 0 Å². The number of carbonyl (C=O) groups is 3. The molecule has 2 heterocycles. The van der Waals surface area contributed by atoms with Gasteiger partial charge in [0.25, 0.3) is 0 Å². The van der Waals surface area contributed by atoms with Crippen LogP contribution in [0.4, 0.5) is 15.8 Å². The van der Waals surface area contributed by atoms with Gasteiger partial charge >= 0.3 is 11.8 Å². The fraction of sp³-hybridized carbons (Fsp3) is 0.312. The molecular weight excluding hydrogens is 601 g/mol. The van der Waals surface area contributed by atoms with Gasteiger partial charge in [-0.1, -0.05) is 28.1 Å². The number of aryl methyl sites for hydroxylation is 3. The van der Waals surface area contributed by atoms with Crippen LogP contribution in [-0.2, 0) is 14.4 Å². The van der Waals surface area contributed by atoms with E-state index in [-0.39, 0.29) is 17.8 Å². The maximum atomic E-state index is 14.0. The molecule has 0 spiro atoms. The lowest BCUT2D eigenvalue weighted by molar-refractivity contribution is -0.138. The number of aromatic nitrogens is 2. The summed E-state index contributed by atoms with van der Waals surface area (Å²) in [5.41, 5.74) is 5.96. The second kappa shape index (κ2) is 11.7. The van der Waals surface area contributed by atoms with Crippen molar-refractivity contribution < 1.29 is 18.8 Å². The van der Waals surface area contributed by atoms with Crippen molar-refractivity contribution in [1.82, 2.24) is 14.9 Å². The number of carbonyl (C=O) groups excluding carboxylic acids is 3. The predicted octanol–water partition coefficient (Wildman–Crippen LogP) is 6.36. The third-order valence-electron chi connectivity index (χ3n) is 7.59. The van der Waals surface area contributed by atoms with Crippen LogP contribution < -0.4 is 15.5 Å². The maximum Gasteiger partial charge on any atom is 0.313 e. The van der Waals surface area contributed by atoms with Gasteiger partial charge in [-0.15, -0.1) is 0 Å². The smallest absolute Gasteiger partial charge is 0.313 e. The summed E-state index contributed by atoms with van der Waals surface area (Å²) < 4.78 is 16.9. The summed E-state index contributed by atoms with van der Waals surface area (Å²) in [5.74, 6) is -1.71. The first-order valence-electron chi connectivity index (χ1n) is 13.9. The lowest BCUT2D eigenvalue weighted by atomic mass is 10.0. The predicted molar refractivity (Wildman–Crippen MR) is 166 cm³/mol. The number of hydrogen-bond acceptors (Lipinski definition) is 4. The lowest BCUT2D eigenvalue weighted by Crippen LogP contribution is -2.54. The van der Waals surface area contributed by atoms with Crippen molar-refractivity contribution in [2.75, 3.05) is 16.8 Å². The second-order valence-electron chi connectivity index (χ2n) is 11.1. The first-order valence-corrected chi connectivity index (χ1v) is 14.7. The summed E-state index contributed by atoms with van der Waals surface area (Å²) in [6.45, 7) is 10.2. The van der Waals surface area contributed by atoms with E-state index in [2.05, 4.69) is 26.6 Å². The fourth-order valence-electron chi connectivity index (χ4n) is 5.65. The highest BCUT2D eigenvalue weighted by atomic mass is 79.9. The van der Waals surface area contributed by atoms with Crippen molar-refractivity contribution in [2.24, 2.45) is 0 Å². The zero-order valence-electron chi connectivity index (χ0n) is 24.2. The highest BCUT2D eigenvalue weighted by Crippen LogP contribution is 2.33. The van der Waals surface area contributed by atoms with Crippen LogP contribution in [0.25, 0.3) is 22.4 Å². The minimum Gasteiger partial charge on any atom is -0.336 e. The van der Waals surface area contributed by atoms with Crippen molar-refractivity contribution in [2.45, 2.75) is 59.5 Å². The average molecular weight is 635 g/mol. The minimum absolute atomic E-state index is 0.00509. The van der Waals surface area contributed by atoms with Crippen LogP contribution in [-0.4, -0.2) is 39.9 Å². The molecule has 0 aliphatic carbocycles. The molecule has 10 heteroatoms. The molecule has 0 radical (unpaired) electrons. The zero-order valence-corrected chi connectivity index (χ0v) is 25.8. The molecule has 0 bridgehead atoms. The molecule has 2 N–H and O–H groups in total. The molecule has 1 fully saturated rings. The minimum atomic E-state index is -0.880. The highest BCUT2D eigenvalue weighted by molar-refractivity contribution is 9.10. The molecule has 0 saturated carbocycles. The SMILES string of the molecule is Cc1ccc(-c2nc3ccc(F)cc3n2C(C)C)cc1NC(=O)C(=O)NC1CCCN(c2c(C)cc(Br)cc2C)C1=O. The zero-order chi connectivity index (χ0) is 30.3. The first-order chi connectivity index (χ1) is 19.9. The van der Waals surface area contributed by atoms with E-state index >= 15 is 0 Å². The highest BCUT2D eigenvalue weighted by Gasteiger charge is 2.33. The maximum absolute atomic E-state index is 14.0. The Morgan fingerprint density at radius 1 is 1.00 bits per heavy atom. The number of fused-ring (bicyclic) bond motifs is 1. The van der Waals surface area contributed by atoms with Gasteiger partial charge < -0.3 is 20.1 Å². The topological polar surface area (TPSA) is 96.3 Å². The van der Waals surface area contributed by atoms with Crippen molar-refractivity contribution in [3.8, 4) is 11.4 Å². The number of halogens is 2. The largest absolute Gasteiger partial charge is 0.336 e. The summed E-state index contributed by atoms with van der Waals surface area (Å²) in [5, 5.41) is 5.35. The number of anilines is 2. The number of nitrogens with one attached hydrogen (secondary N) is 2. The molecule has 1 aliphatic rings. The van der Waals surface area contributed by atoms with E-state index in [1.807, 2.05) is 63.5 Å². The molecule has 218 valence electrons. The standard InChI is InChI=1S/C32H33BrFN5O3/c1-17(2)39-27-16-23(34)10-11-24(27)35-29(39)21-9-8-18(3)26(15-21)37-31(41)30(40)36-25-7-6-12-38(32(25)42)28-19(4)13-22(33)14-20(28)5/h8-11,13-17,25H,6-7,12H2,1-5H3,(H,36,40)(H,37,41). The molecule has 8 nitrogen and oxygen atoms in total. The van der Waals surface area contributed by atoms with Gasteiger partial charge in [0.05, 0.1) is 11.0 Å². The van der Waals surface area contributed by atoms with Crippen molar-refractivity contribution in [3.05, 3.63) is 75.5 Å². The molecule has 1 aromatic heterocycles. The van der Waals surface area contributed by atoms with Gasteiger partial charge in [-0.05, 0) is 101 Å². The summed E-state index contributed by atoms with van der Waals surface area (Å²) in [4.78, 5) is 45.8. The monoisotopic (exact) mass is 633 g/mol. The Morgan fingerprint density at radius 2 is 1.71 bits per heavy atom. The van der Waals surface area contributed by atoms with Gasteiger partial charge in [-0.3, -0.25) is 14.4 Å². The molecule has 1 aliphatic heterocycles. The molecule has 1 saturated heterocycles. The Hall–Kier alpha value is -4.05. The van der Waals surface area contributed by atoms with E-state index in [1.165, 1.54) is 12.1 Å². The Labute approximate surface area is 252 Å². The molecule has 3 amide bonds. The Bertz CT molecular complexity index is 1710. The van der Waals surface area contributed by atoms with Crippen LogP contribution in [0.15, 0.2) is 53.0 Å². The van der Waals surface area contributed by atoms with E-state index in [0.717, 1.165) is 26.9 Å². The Balaban J connectivity index is 1.35.